The van der Waals surface area contributed by atoms with Crippen molar-refractivity contribution in [1.82, 2.24) is 0 Å². The van der Waals surface area contributed by atoms with Crippen molar-refractivity contribution in [3.63, 3.8) is 0 Å². The van der Waals surface area contributed by atoms with Crippen LogP contribution in [-0.4, -0.2) is 0 Å². The van der Waals surface area contributed by atoms with E-state index in [9.17, 15) is 0 Å². The first-order valence-electron chi connectivity index (χ1n) is 32.3. The van der Waals surface area contributed by atoms with Crippen molar-refractivity contribution in [3.05, 3.63) is 293 Å². The molecule has 525 valence electrons. The molecule has 0 unspecified atom stereocenters. The molecule has 0 saturated heterocycles. The Balaban J connectivity index is -0.0000000530. The number of rotatable bonds is 0. The summed E-state index contributed by atoms with van der Waals surface area (Å²) in [6.07, 6.45) is 11.5. The van der Waals surface area contributed by atoms with E-state index in [1.165, 1.54) is 159 Å². The predicted molar refractivity (Wildman–Crippen MR) is 408 cm³/mol. The standard InChI is InChI=1S/3C20H14.4C3H8.5C2H6.6CH3.15Y/c1-3-7-17-13(5-1)9-15-11-16-10-14-6-2-4-8-18(14)20(16)12-19(15)17;2*1-3-7-17-13(5-1)11-15-9-10-16-12-14-6-2-4-8-18(14)20(16)19(15)17;4*1-3-2;5*1-2;;;;;;;;;;;;;;;;;;;;;/h1-8,11-12H,9-10H2;2*1-10H,11-12H2;4*3H2,1-2H3;5*1-2H3;6*1H3;;;;;;;;;;;;;;;/q;;;;;;;;;;;;6*-1;;;;;;;;;;;;;;;. The molecule has 0 amide bonds. The number of fused-ring (bicyclic) bond motifs is 20. The molecule has 0 N–H and O–H groups in total. The van der Waals surface area contributed by atoms with Crippen LogP contribution in [0.1, 0.15) is 217 Å². The first-order valence-corrected chi connectivity index (χ1v) is 32.3. The van der Waals surface area contributed by atoms with Gasteiger partial charge in [-0.2, -0.15) is 0 Å². The van der Waals surface area contributed by atoms with E-state index in [2.05, 4.69) is 237 Å². The molecule has 15 heteroatoms. The number of hydrogen-bond acceptors (Lipinski definition) is 0. The largest absolute Gasteiger partial charge is 0.358 e. The minimum absolute atomic E-state index is 0. The van der Waals surface area contributed by atoms with Crippen molar-refractivity contribution in [3.8, 4) is 66.8 Å². The van der Waals surface area contributed by atoms with E-state index in [0.717, 1.165) is 38.5 Å². The van der Waals surface area contributed by atoms with Crippen LogP contribution >= 0.6 is 0 Å². The average Bonchev–Trinajstić information content (AvgIpc) is 1.61. The van der Waals surface area contributed by atoms with Crippen molar-refractivity contribution < 1.29 is 491 Å². The van der Waals surface area contributed by atoms with Crippen LogP contribution in [0.2, 0.25) is 0 Å². The van der Waals surface area contributed by atoms with Crippen molar-refractivity contribution >= 4 is 0 Å². The molecule has 103 heavy (non-hydrogen) atoms. The van der Waals surface area contributed by atoms with Gasteiger partial charge in [-0.15, -0.1) is 0 Å². The molecule has 15 rings (SSSR count). The molecule has 0 bridgehead atoms. The van der Waals surface area contributed by atoms with Crippen LogP contribution in [0.4, 0.5) is 0 Å². The Morgan fingerprint density at radius 1 is 0.165 bits per heavy atom. The molecule has 0 saturated carbocycles. The van der Waals surface area contributed by atoms with Gasteiger partial charge in [0.15, 0.2) is 0 Å². The third-order valence-corrected chi connectivity index (χ3v) is 14.1. The SMILES string of the molecule is CC.CC.CC.CC.CC.CCC.CCC.CCC.CCC.[CH3-].[CH3-].[CH3-].[CH3-].[CH3-].[CH3-].[Y].[Y].[Y].[Y].[Y].[Y].[Y].[Y].[Y].[Y].[Y].[Y].[Y].[Y].[Y].c1ccc2c(c1)Cc1cc3c(cc1-2)-c1ccccc1C3.c1ccc2c(c1)Cc1ccc3c(c1-2)-c1ccccc1C3.c1ccc2c(c1)Cc1ccc3c(c1-2)-c1ccccc1C3. The van der Waals surface area contributed by atoms with Crippen LogP contribution < -0.4 is 0 Å². The van der Waals surface area contributed by atoms with Crippen LogP contribution in [0.5, 0.6) is 0 Å². The zero-order valence-corrected chi connectivity index (χ0v) is 112. The van der Waals surface area contributed by atoms with E-state index in [1.807, 2.05) is 69.2 Å². The molecule has 6 aliphatic rings. The summed E-state index contributed by atoms with van der Waals surface area (Å²) in [5.41, 5.74) is 35.2. The van der Waals surface area contributed by atoms with Crippen LogP contribution in [0.25, 0.3) is 66.8 Å². The molecule has 0 atom stereocenters. The maximum absolute atomic E-state index is 2.44. The topological polar surface area (TPSA) is 0 Å². The zero-order chi connectivity index (χ0) is 60.1. The maximum atomic E-state index is 2.44. The van der Waals surface area contributed by atoms with Gasteiger partial charge in [-0.25, -0.2) is 0 Å². The molecular weight excluding hydrogens is 2390 g/mol. The minimum Gasteiger partial charge on any atom is -0.358 e. The van der Waals surface area contributed by atoms with Gasteiger partial charge in [-0.3, -0.25) is 0 Å². The average molecular weight is 2510 g/mol. The van der Waals surface area contributed by atoms with E-state index in [0.29, 0.717) is 0 Å². The molecule has 0 heterocycles. The van der Waals surface area contributed by atoms with Gasteiger partial charge in [0.1, 0.15) is 0 Å². The van der Waals surface area contributed by atoms with Gasteiger partial charge < -0.3 is 44.6 Å². The smallest absolute Gasteiger partial charge is 0 e. The third kappa shape index (κ3) is 44.4. The van der Waals surface area contributed by atoms with Crippen molar-refractivity contribution in [2.75, 3.05) is 0 Å². The Labute approximate surface area is 1020 Å². The van der Waals surface area contributed by atoms with Crippen molar-refractivity contribution in [2.24, 2.45) is 0 Å². The summed E-state index contributed by atoms with van der Waals surface area (Å²) in [5.74, 6) is 0. The van der Waals surface area contributed by atoms with Gasteiger partial charge in [0.05, 0.1) is 0 Å². The molecule has 0 aliphatic heterocycles. The van der Waals surface area contributed by atoms with Gasteiger partial charge in [0, 0.05) is 491 Å². The summed E-state index contributed by atoms with van der Waals surface area (Å²) in [7, 11) is 0. The van der Waals surface area contributed by atoms with E-state index < -0.39 is 0 Å². The summed E-state index contributed by atoms with van der Waals surface area (Å²) in [4.78, 5) is 0. The maximum Gasteiger partial charge on any atom is 0 e. The van der Waals surface area contributed by atoms with Crippen LogP contribution in [0.15, 0.2) is 182 Å². The molecule has 9 aromatic rings. The van der Waals surface area contributed by atoms with Gasteiger partial charge >= 0.3 is 0 Å². The third-order valence-electron chi connectivity index (χ3n) is 14.1. The normalized spacial score (nSPS) is 8.91. The molecule has 0 spiro atoms. The van der Waals surface area contributed by atoms with Gasteiger partial charge in [0.25, 0.3) is 0 Å². The van der Waals surface area contributed by atoms with Crippen molar-refractivity contribution in [1.29, 1.82) is 0 Å². The second-order valence-corrected chi connectivity index (χ2v) is 20.3. The van der Waals surface area contributed by atoms with E-state index >= 15 is 0 Å². The molecule has 9 aromatic carbocycles. The number of hydrogen-bond donors (Lipinski definition) is 0. The second-order valence-electron chi connectivity index (χ2n) is 20.3. The molecular formula is C88H122Y15-6. The quantitative estimate of drug-likeness (QED) is 0.133. The predicted octanol–water partition coefficient (Wildman–Crippen LogP) is 27.9. The summed E-state index contributed by atoms with van der Waals surface area (Å²) < 4.78 is 0. The molecule has 6 aliphatic carbocycles. The summed E-state index contributed by atoms with van der Waals surface area (Å²) >= 11 is 0. The van der Waals surface area contributed by atoms with E-state index in [4.69, 9.17) is 0 Å². The second kappa shape index (κ2) is 92.3. The summed E-state index contributed by atoms with van der Waals surface area (Å²) in [6, 6.07) is 67.2. The summed E-state index contributed by atoms with van der Waals surface area (Å²) in [6.45, 7) is 37.0. The van der Waals surface area contributed by atoms with E-state index in [-0.39, 0.29) is 535 Å². The van der Waals surface area contributed by atoms with Gasteiger partial charge in [-0.05, 0) is 178 Å². The molecule has 0 nitrogen and oxygen atoms in total. The Morgan fingerprint density at radius 3 is 0.476 bits per heavy atom. The van der Waals surface area contributed by atoms with E-state index in [1.54, 1.807) is 0 Å². The van der Waals surface area contributed by atoms with Gasteiger partial charge in [-0.1, -0.05) is 326 Å². The van der Waals surface area contributed by atoms with Crippen LogP contribution in [0, 0.1) is 44.6 Å². The monoisotopic (exact) mass is 2510 g/mol. The van der Waals surface area contributed by atoms with Crippen LogP contribution in [0.3, 0.4) is 0 Å². The summed E-state index contributed by atoms with van der Waals surface area (Å²) in [5, 5.41) is 0. The van der Waals surface area contributed by atoms with Gasteiger partial charge in [0.2, 0.25) is 0 Å². The Bertz CT molecular complexity index is 3030. The fraction of sp³-hybridized carbons (Fsp3) is 0.318. The first-order chi connectivity index (χ1) is 40.4. The number of benzene rings is 9. The van der Waals surface area contributed by atoms with Crippen LogP contribution in [-0.2, 0) is 529 Å². The minimum atomic E-state index is 0. The Morgan fingerprint density at radius 2 is 0.301 bits per heavy atom. The fourth-order valence-corrected chi connectivity index (χ4v) is 11.5. The Hall–Kier alpha value is 9.54. The zero-order valence-electron chi connectivity index (χ0n) is 69.1. The fourth-order valence-electron chi connectivity index (χ4n) is 11.5. The first kappa shape index (κ1) is 157. The van der Waals surface area contributed by atoms with Crippen molar-refractivity contribution in [2.45, 2.75) is 189 Å². The molecule has 15 radical (unpaired) electrons. The molecule has 0 fully saturated rings. The Kier molecular flexibility index (Phi) is 140. The molecule has 0 aromatic heterocycles.